The Bertz CT molecular complexity index is 257. The largest absolute Gasteiger partial charge is 0.375 e. The lowest BCUT2D eigenvalue weighted by molar-refractivity contribution is -0.123. The van der Waals surface area contributed by atoms with Crippen LogP contribution < -0.4 is 5.32 Å². The molecule has 2 saturated carbocycles. The molecule has 0 aromatic rings. The second kappa shape index (κ2) is 5.25. The minimum Gasteiger partial charge on any atom is -0.375 e. The van der Waals surface area contributed by atoms with Gasteiger partial charge < -0.3 is 10.1 Å². The Balaban J connectivity index is 1.64. The Morgan fingerprint density at radius 2 is 2.00 bits per heavy atom. The van der Waals surface area contributed by atoms with Gasteiger partial charge in [-0.25, -0.2) is 0 Å². The maximum absolute atomic E-state index is 5.97. The highest BCUT2D eigenvalue weighted by Gasteiger charge is 2.43. The summed E-state index contributed by atoms with van der Waals surface area (Å²) in [6.07, 6.45) is 8.83. The number of hydrogen-bond donors (Lipinski definition) is 1. The zero-order valence-electron chi connectivity index (χ0n) is 11.0. The Labute approximate surface area is 105 Å². The van der Waals surface area contributed by atoms with Crippen molar-refractivity contribution in [3.8, 4) is 0 Å². The van der Waals surface area contributed by atoms with E-state index in [1.807, 2.05) is 0 Å². The van der Waals surface area contributed by atoms with Crippen LogP contribution in [0.15, 0.2) is 0 Å². The van der Waals surface area contributed by atoms with E-state index < -0.39 is 0 Å². The average molecular weight is 238 g/mol. The predicted molar refractivity (Wildman–Crippen MR) is 69.1 cm³/mol. The first-order valence-corrected chi connectivity index (χ1v) is 7.42. The SMILES string of the molecule is CNCC1CCC1N1CCOC2CCCCC21. The van der Waals surface area contributed by atoms with E-state index in [4.69, 9.17) is 4.74 Å². The Kier molecular flexibility index (Phi) is 3.69. The van der Waals surface area contributed by atoms with Gasteiger partial charge in [0.1, 0.15) is 0 Å². The van der Waals surface area contributed by atoms with Crippen LogP contribution in [0.5, 0.6) is 0 Å². The molecule has 1 heterocycles. The van der Waals surface area contributed by atoms with Crippen LogP contribution >= 0.6 is 0 Å². The normalized spacial score (nSPS) is 42.9. The Morgan fingerprint density at radius 3 is 2.76 bits per heavy atom. The molecular weight excluding hydrogens is 212 g/mol. The van der Waals surface area contributed by atoms with Gasteiger partial charge in [-0.05, 0) is 45.2 Å². The van der Waals surface area contributed by atoms with Gasteiger partial charge in [0.2, 0.25) is 0 Å². The van der Waals surface area contributed by atoms with E-state index in [-0.39, 0.29) is 0 Å². The molecule has 2 aliphatic carbocycles. The Morgan fingerprint density at radius 1 is 1.12 bits per heavy atom. The molecule has 0 spiro atoms. The summed E-state index contributed by atoms with van der Waals surface area (Å²) in [5, 5.41) is 3.35. The van der Waals surface area contributed by atoms with Crippen LogP contribution in [-0.2, 0) is 4.74 Å². The molecule has 98 valence electrons. The van der Waals surface area contributed by atoms with Crippen molar-refractivity contribution < 1.29 is 4.74 Å². The number of ether oxygens (including phenoxy) is 1. The fourth-order valence-corrected chi connectivity index (χ4v) is 4.03. The topological polar surface area (TPSA) is 24.5 Å². The van der Waals surface area contributed by atoms with Crippen molar-refractivity contribution in [3.05, 3.63) is 0 Å². The van der Waals surface area contributed by atoms with Gasteiger partial charge >= 0.3 is 0 Å². The third-order valence-corrected chi connectivity index (χ3v) is 5.04. The first-order chi connectivity index (χ1) is 8.40. The molecule has 0 radical (unpaired) electrons. The maximum Gasteiger partial charge on any atom is 0.0731 e. The number of nitrogens with zero attached hydrogens (tertiary/aromatic N) is 1. The zero-order valence-corrected chi connectivity index (χ0v) is 11.0. The van der Waals surface area contributed by atoms with Gasteiger partial charge in [-0.3, -0.25) is 4.90 Å². The summed E-state index contributed by atoms with van der Waals surface area (Å²) < 4.78 is 5.97. The van der Waals surface area contributed by atoms with Gasteiger partial charge in [0, 0.05) is 18.6 Å². The van der Waals surface area contributed by atoms with E-state index in [2.05, 4.69) is 17.3 Å². The fraction of sp³-hybridized carbons (Fsp3) is 1.00. The molecule has 3 fully saturated rings. The van der Waals surface area contributed by atoms with Crippen molar-refractivity contribution in [2.75, 3.05) is 26.7 Å². The number of nitrogens with one attached hydrogen (secondary N) is 1. The number of rotatable bonds is 3. The van der Waals surface area contributed by atoms with Crippen molar-refractivity contribution in [2.45, 2.75) is 56.7 Å². The number of morpholine rings is 1. The molecule has 3 nitrogen and oxygen atoms in total. The van der Waals surface area contributed by atoms with Crippen molar-refractivity contribution in [1.82, 2.24) is 10.2 Å². The van der Waals surface area contributed by atoms with E-state index >= 15 is 0 Å². The van der Waals surface area contributed by atoms with Crippen molar-refractivity contribution in [3.63, 3.8) is 0 Å². The number of hydrogen-bond acceptors (Lipinski definition) is 3. The molecule has 3 aliphatic rings. The van der Waals surface area contributed by atoms with Gasteiger partial charge in [-0.15, -0.1) is 0 Å². The van der Waals surface area contributed by atoms with Crippen LogP contribution in [0.1, 0.15) is 38.5 Å². The van der Waals surface area contributed by atoms with E-state index in [1.54, 1.807) is 0 Å². The minimum absolute atomic E-state index is 0.549. The lowest BCUT2D eigenvalue weighted by atomic mass is 9.76. The molecule has 4 unspecified atom stereocenters. The molecular formula is C14H26N2O. The predicted octanol–water partition coefficient (Wildman–Crippen LogP) is 1.63. The first-order valence-electron chi connectivity index (χ1n) is 7.42. The highest BCUT2D eigenvalue weighted by atomic mass is 16.5. The third kappa shape index (κ3) is 2.25. The summed E-state index contributed by atoms with van der Waals surface area (Å²) in [5.74, 6) is 0.890. The quantitative estimate of drug-likeness (QED) is 0.809. The molecule has 0 amide bonds. The fourth-order valence-electron chi connectivity index (χ4n) is 4.03. The molecule has 3 heteroatoms. The van der Waals surface area contributed by atoms with Crippen LogP contribution in [-0.4, -0.2) is 49.8 Å². The summed E-state index contributed by atoms with van der Waals surface area (Å²) in [6.45, 7) is 3.33. The van der Waals surface area contributed by atoms with Gasteiger partial charge in [0.15, 0.2) is 0 Å². The Hall–Kier alpha value is -0.120. The second-order valence-electron chi connectivity index (χ2n) is 5.96. The van der Waals surface area contributed by atoms with Crippen LogP contribution in [0.4, 0.5) is 0 Å². The summed E-state index contributed by atoms with van der Waals surface area (Å²) in [5.41, 5.74) is 0. The summed E-state index contributed by atoms with van der Waals surface area (Å²) in [4.78, 5) is 2.80. The zero-order chi connectivity index (χ0) is 11.7. The van der Waals surface area contributed by atoms with Crippen molar-refractivity contribution >= 4 is 0 Å². The number of fused-ring (bicyclic) bond motifs is 1. The molecule has 3 rings (SSSR count). The summed E-state index contributed by atoms with van der Waals surface area (Å²) in [7, 11) is 2.08. The molecule has 1 aliphatic heterocycles. The molecule has 4 atom stereocenters. The smallest absolute Gasteiger partial charge is 0.0731 e. The molecule has 0 aromatic carbocycles. The van der Waals surface area contributed by atoms with Crippen LogP contribution in [0, 0.1) is 5.92 Å². The lowest BCUT2D eigenvalue weighted by Crippen LogP contribution is -2.61. The van der Waals surface area contributed by atoms with E-state index in [0.717, 1.165) is 24.6 Å². The van der Waals surface area contributed by atoms with E-state index in [9.17, 15) is 0 Å². The second-order valence-corrected chi connectivity index (χ2v) is 5.96. The van der Waals surface area contributed by atoms with Crippen molar-refractivity contribution in [2.24, 2.45) is 5.92 Å². The van der Waals surface area contributed by atoms with Crippen molar-refractivity contribution in [1.29, 1.82) is 0 Å². The molecule has 0 aromatic heterocycles. The lowest BCUT2D eigenvalue weighted by Gasteiger charge is -2.53. The minimum atomic E-state index is 0.549. The maximum atomic E-state index is 5.97. The van der Waals surface area contributed by atoms with Gasteiger partial charge in [0.05, 0.1) is 12.7 Å². The van der Waals surface area contributed by atoms with E-state index in [1.165, 1.54) is 51.6 Å². The summed E-state index contributed by atoms with van der Waals surface area (Å²) in [6, 6.07) is 1.58. The van der Waals surface area contributed by atoms with Crippen LogP contribution in [0.3, 0.4) is 0 Å². The average Bonchev–Trinajstić information content (AvgIpc) is 2.35. The monoisotopic (exact) mass is 238 g/mol. The summed E-state index contributed by atoms with van der Waals surface area (Å²) >= 11 is 0. The van der Waals surface area contributed by atoms with Gasteiger partial charge in [-0.1, -0.05) is 12.8 Å². The molecule has 17 heavy (non-hydrogen) atoms. The highest BCUT2D eigenvalue weighted by Crippen LogP contribution is 2.38. The standard InChI is InChI=1S/C14H26N2O/c1-15-10-11-6-7-12(11)16-8-9-17-14-5-3-2-4-13(14)16/h11-15H,2-10H2,1H3. The molecule has 1 saturated heterocycles. The van der Waals surface area contributed by atoms with Gasteiger partial charge in [-0.2, -0.15) is 0 Å². The van der Waals surface area contributed by atoms with Crippen LogP contribution in [0.2, 0.25) is 0 Å². The van der Waals surface area contributed by atoms with Crippen LogP contribution in [0.25, 0.3) is 0 Å². The molecule has 1 N–H and O–H groups in total. The highest BCUT2D eigenvalue weighted by molar-refractivity contribution is 4.97. The molecule has 0 bridgehead atoms. The van der Waals surface area contributed by atoms with E-state index in [0.29, 0.717) is 6.10 Å². The van der Waals surface area contributed by atoms with Gasteiger partial charge in [0.25, 0.3) is 0 Å². The third-order valence-electron chi connectivity index (χ3n) is 5.04. The first kappa shape index (κ1) is 11.9.